The molecule has 0 heterocycles. The molecule has 0 aliphatic carbocycles. The van der Waals surface area contributed by atoms with Crippen molar-refractivity contribution in [1.29, 1.82) is 0 Å². The van der Waals surface area contributed by atoms with Gasteiger partial charge in [-0.1, -0.05) is 19.9 Å². The Kier molecular flexibility index (Phi) is 8.20. The van der Waals surface area contributed by atoms with Gasteiger partial charge in [-0.2, -0.15) is 0 Å². The third-order valence-electron chi connectivity index (χ3n) is 3.92. The molecule has 0 aliphatic rings. The number of nitrogens with two attached hydrogens (primary N) is 1. The highest BCUT2D eigenvalue weighted by molar-refractivity contribution is 7.89. The first-order chi connectivity index (χ1) is 10.2. The number of benzene rings is 1. The number of carbonyl (C=O) groups excluding carboxylic acids is 1. The van der Waals surface area contributed by atoms with Crippen molar-refractivity contribution in [2.75, 3.05) is 13.7 Å². The third-order valence-corrected chi connectivity index (χ3v) is 5.46. The molecule has 0 amide bonds. The number of esters is 1. The van der Waals surface area contributed by atoms with Crippen LogP contribution < -0.4 is 10.5 Å². The summed E-state index contributed by atoms with van der Waals surface area (Å²) < 4.78 is 32.1. The van der Waals surface area contributed by atoms with Crippen molar-refractivity contribution in [2.24, 2.45) is 5.73 Å². The minimum Gasteiger partial charge on any atom is -0.465 e. The Morgan fingerprint density at radius 1 is 1.30 bits per heavy atom. The summed E-state index contributed by atoms with van der Waals surface area (Å²) in [6.07, 6.45) is 1.32. The summed E-state index contributed by atoms with van der Waals surface area (Å²) in [6.45, 7) is 5.65. The van der Waals surface area contributed by atoms with E-state index in [-0.39, 0.29) is 29.4 Å². The van der Waals surface area contributed by atoms with Crippen molar-refractivity contribution < 1.29 is 17.9 Å². The average Bonchev–Trinajstić information content (AvgIpc) is 2.52. The zero-order valence-corrected chi connectivity index (χ0v) is 15.5. The molecule has 0 unspecified atom stereocenters. The van der Waals surface area contributed by atoms with Crippen molar-refractivity contribution in [3.05, 3.63) is 29.3 Å². The Bertz CT molecular complexity index is 643. The summed E-state index contributed by atoms with van der Waals surface area (Å²) in [5.41, 5.74) is 6.28. The average molecular weight is 365 g/mol. The van der Waals surface area contributed by atoms with E-state index in [0.717, 1.165) is 0 Å². The fourth-order valence-corrected chi connectivity index (χ4v) is 3.36. The normalized spacial score (nSPS) is 11.7. The lowest BCUT2D eigenvalue weighted by molar-refractivity contribution is 0.0600. The summed E-state index contributed by atoms with van der Waals surface area (Å²) in [5.74, 6) is -0.577. The fraction of sp³-hybridized carbons (Fsp3) is 0.533. The maximum Gasteiger partial charge on any atom is 0.337 e. The number of ether oxygens (including phenoxy) is 1. The Morgan fingerprint density at radius 2 is 1.87 bits per heavy atom. The van der Waals surface area contributed by atoms with E-state index in [0.29, 0.717) is 18.4 Å². The van der Waals surface area contributed by atoms with Crippen LogP contribution in [0.2, 0.25) is 0 Å². The number of hydrogen-bond donors (Lipinski definition) is 2. The monoisotopic (exact) mass is 364 g/mol. The van der Waals surface area contributed by atoms with E-state index < -0.39 is 21.5 Å². The first-order valence-electron chi connectivity index (χ1n) is 7.16. The van der Waals surface area contributed by atoms with Gasteiger partial charge >= 0.3 is 5.97 Å². The van der Waals surface area contributed by atoms with Crippen LogP contribution in [0.1, 0.15) is 42.6 Å². The maximum absolute atomic E-state index is 12.5. The van der Waals surface area contributed by atoms with Gasteiger partial charge in [0, 0.05) is 12.1 Å². The number of aryl methyl sites for hydroxylation is 1. The van der Waals surface area contributed by atoms with E-state index in [1.165, 1.54) is 19.2 Å². The standard InChI is InChI=1S/C15H24N2O4S.ClH/c1-5-15(16,6-2)10-17-22(19,20)13-9-12(14(18)21-4)8-7-11(13)3;/h7-9,17H,5-6,10,16H2,1-4H3;1H. The minimum atomic E-state index is -3.75. The van der Waals surface area contributed by atoms with Gasteiger partial charge in [0.1, 0.15) is 0 Å². The Balaban J connectivity index is 0.00000484. The van der Waals surface area contributed by atoms with Gasteiger partial charge < -0.3 is 10.5 Å². The Morgan fingerprint density at radius 3 is 2.35 bits per heavy atom. The highest BCUT2D eigenvalue weighted by atomic mass is 35.5. The number of carbonyl (C=O) groups is 1. The summed E-state index contributed by atoms with van der Waals surface area (Å²) in [4.78, 5) is 11.6. The SMILES string of the molecule is CCC(N)(CC)CNS(=O)(=O)c1cc(C(=O)OC)ccc1C.Cl. The molecule has 0 saturated heterocycles. The van der Waals surface area contributed by atoms with Crippen LogP contribution in [-0.4, -0.2) is 33.6 Å². The largest absolute Gasteiger partial charge is 0.465 e. The van der Waals surface area contributed by atoms with Crippen LogP contribution in [0.15, 0.2) is 23.1 Å². The summed E-state index contributed by atoms with van der Waals surface area (Å²) in [5, 5.41) is 0. The highest BCUT2D eigenvalue weighted by Gasteiger charge is 2.25. The second-order valence-electron chi connectivity index (χ2n) is 5.37. The lowest BCUT2D eigenvalue weighted by Gasteiger charge is -2.26. The Hall–Kier alpha value is -1.15. The number of sulfonamides is 1. The van der Waals surface area contributed by atoms with Crippen LogP contribution in [-0.2, 0) is 14.8 Å². The van der Waals surface area contributed by atoms with Crippen molar-refractivity contribution in [3.8, 4) is 0 Å². The van der Waals surface area contributed by atoms with Gasteiger partial charge in [-0.15, -0.1) is 12.4 Å². The lowest BCUT2D eigenvalue weighted by atomic mass is 9.95. The topological polar surface area (TPSA) is 98.5 Å². The number of nitrogens with one attached hydrogen (secondary N) is 1. The second-order valence-corrected chi connectivity index (χ2v) is 7.10. The molecule has 0 radical (unpaired) electrons. The molecule has 0 atom stereocenters. The molecule has 0 saturated carbocycles. The van der Waals surface area contributed by atoms with Crippen molar-refractivity contribution in [2.45, 2.75) is 44.0 Å². The molecule has 3 N–H and O–H groups in total. The molecule has 0 spiro atoms. The van der Waals surface area contributed by atoms with Gasteiger partial charge in [0.2, 0.25) is 10.0 Å². The van der Waals surface area contributed by atoms with E-state index in [9.17, 15) is 13.2 Å². The molecular formula is C15H25ClN2O4S. The molecule has 1 aromatic rings. The van der Waals surface area contributed by atoms with Gasteiger partial charge in [0.05, 0.1) is 17.6 Å². The van der Waals surface area contributed by atoms with E-state index in [4.69, 9.17) is 5.73 Å². The molecular weight excluding hydrogens is 340 g/mol. The molecule has 0 aromatic heterocycles. The molecule has 0 aliphatic heterocycles. The summed E-state index contributed by atoms with van der Waals surface area (Å²) in [6, 6.07) is 4.43. The summed E-state index contributed by atoms with van der Waals surface area (Å²) in [7, 11) is -2.50. The minimum absolute atomic E-state index is 0. The Labute approximate surface area is 144 Å². The maximum atomic E-state index is 12.5. The third kappa shape index (κ3) is 5.46. The van der Waals surface area contributed by atoms with E-state index in [2.05, 4.69) is 9.46 Å². The van der Waals surface area contributed by atoms with Gasteiger partial charge in [-0.25, -0.2) is 17.9 Å². The summed E-state index contributed by atoms with van der Waals surface area (Å²) >= 11 is 0. The predicted octanol–water partition coefficient (Wildman–Crippen LogP) is 2.00. The zero-order valence-electron chi connectivity index (χ0n) is 13.9. The molecule has 132 valence electrons. The van der Waals surface area contributed by atoms with Crippen molar-refractivity contribution >= 4 is 28.4 Å². The fourth-order valence-electron chi connectivity index (χ4n) is 1.95. The molecule has 0 fully saturated rings. The number of halogens is 1. The molecule has 1 aromatic carbocycles. The van der Waals surface area contributed by atoms with E-state index >= 15 is 0 Å². The second kappa shape index (κ2) is 8.63. The molecule has 23 heavy (non-hydrogen) atoms. The first kappa shape index (κ1) is 21.9. The highest BCUT2D eigenvalue weighted by Crippen LogP contribution is 2.19. The van der Waals surface area contributed by atoms with Crippen molar-refractivity contribution in [1.82, 2.24) is 4.72 Å². The van der Waals surface area contributed by atoms with Crippen LogP contribution in [0.25, 0.3) is 0 Å². The van der Waals surface area contributed by atoms with Crippen LogP contribution in [0.4, 0.5) is 0 Å². The number of rotatable bonds is 7. The van der Waals surface area contributed by atoms with E-state index in [1.54, 1.807) is 13.0 Å². The smallest absolute Gasteiger partial charge is 0.337 e. The molecule has 0 bridgehead atoms. The van der Waals surface area contributed by atoms with Crippen LogP contribution in [0.5, 0.6) is 0 Å². The number of hydrogen-bond acceptors (Lipinski definition) is 5. The van der Waals surface area contributed by atoms with Crippen LogP contribution in [0.3, 0.4) is 0 Å². The number of methoxy groups -OCH3 is 1. The zero-order chi connectivity index (χ0) is 17.0. The van der Waals surface area contributed by atoms with E-state index in [1.807, 2.05) is 13.8 Å². The van der Waals surface area contributed by atoms with Crippen LogP contribution >= 0.6 is 12.4 Å². The van der Waals surface area contributed by atoms with Gasteiger partial charge in [0.25, 0.3) is 0 Å². The lowest BCUT2D eigenvalue weighted by Crippen LogP contribution is -2.49. The molecule has 8 heteroatoms. The molecule has 6 nitrogen and oxygen atoms in total. The van der Waals surface area contributed by atoms with Crippen LogP contribution in [0, 0.1) is 6.92 Å². The van der Waals surface area contributed by atoms with Gasteiger partial charge in [-0.3, -0.25) is 0 Å². The predicted molar refractivity (Wildman–Crippen MR) is 92.5 cm³/mol. The first-order valence-corrected chi connectivity index (χ1v) is 8.65. The molecule has 1 rings (SSSR count). The quantitative estimate of drug-likeness (QED) is 0.721. The van der Waals surface area contributed by atoms with Crippen molar-refractivity contribution in [3.63, 3.8) is 0 Å². The van der Waals surface area contributed by atoms with Gasteiger partial charge in [0.15, 0.2) is 0 Å². The van der Waals surface area contributed by atoms with Gasteiger partial charge in [-0.05, 0) is 37.5 Å².